The summed E-state index contributed by atoms with van der Waals surface area (Å²) < 4.78 is 13.0. The van der Waals surface area contributed by atoms with E-state index in [0.29, 0.717) is 31.8 Å². The molecule has 1 aromatic carbocycles. The molecule has 2 amide bonds. The van der Waals surface area contributed by atoms with Crippen molar-refractivity contribution < 1.29 is 14.0 Å². The minimum atomic E-state index is -0.498. The normalized spacial score (nSPS) is 11.5. The van der Waals surface area contributed by atoms with Crippen molar-refractivity contribution in [3.8, 4) is 0 Å². The topological polar surface area (TPSA) is 84.2 Å². The van der Waals surface area contributed by atoms with Crippen molar-refractivity contribution in [1.29, 1.82) is 0 Å². The van der Waals surface area contributed by atoms with Crippen LogP contribution < -0.4 is 16.4 Å². The van der Waals surface area contributed by atoms with Gasteiger partial charge < -0.3 is 16.4 Å². The van der Waals surface area contributed by atoms with E-state index in [2.05, 4.69) is 10.6 Å². The van der Waals surface area contributed by atoms with Crippen LogP contribution in [0.2, 0.25) is 0 Å². The second-order valence-corrected chi connectivity index (χ2v) is 5.65. The molecular formula is C16H25ClFN3O2. The van der Waals surface area contributed by atoms with E-state index < -0.39 is 11.9 Å². The molecule has 0 aromatic heterocycles. The van der Waals surface area contributed by atoms with Gasteiger partial charge >= 0.3 is 0 Å². The molecular weight excluding hydrogens is 321 g/mol. The lowest BCUT2D eigenvalue weighted by Gasteiger charge is -2.14. The van der Waals surface area contributed by atoms with Gasteiger partial charge in [0.05, 0.1) is 6.04 Å². The largest absolute Gasteiger partial charge is 0.355 e. The number of nitrogens with two attached hydrogens (primary N) is 1. The fourth-order valence-electron chi connectivity index (χ4n) is 1.98. The molecule has 0 radical (unpaired) electrons. The Kier molecular flexibility index (Phi) is 10.2. The van der Waals surface area contributed by atoms with Gasteiger partial charge in [-0.1, -0.05) is 19.9 Å². The van der Waals surface area contributed by atoms with Gasteiger partial charge in [0.15, 0.2) is 0 Å². The molecule has 1 atom stereocenters. The van der Waals surface area contributed by atoms with E-state index in [9.17, 15) is 14.0 Å². The fourth-order valence-corrected chi connectivity index (χ4v) is 1.98. The molecule has 1 rings (SSSR count). The first-order chi connectivity index (χ1) is 10.4. The van der Waals surface area contributed by atoms with Crippen molar-refractivity contribution in [2.24, 2.45) is 11.7 Å². The Hall–Kier alpha value is -1.66. The predicted octanol–water partition coefficient (Wildman–Crippen LogP) is 1.86. The van der Waals surface area contributed by atoms with Crippen LogP contribution in [0.4, 0.5) is 4.39 Å². The summed E-state index contributed by atoms with van der Waals surface area (Å²) in [5.41, 5.74) is 6.03. The van der Waals surface area contributed by atoms with Crippen molar-refractivity contribution in [2.75, 3.05) is 13.1 Å². The lowest BCUT2D eigenvalue weighted by atomic mass is 10.0. The van der Waals surface area contributed by atoms with E-state index in [4.69, 9.17) is 5.73 Å². The number of carbonyl (C=O) groups is 2. The van der Waals surface area contributed by atoms with Crippen molar-refractivity contribution in [1.82, 2.24) is 10.6 Å². The molecule has 0 bridgehead atoms. The highest BCUT2D eigenvalue weighted by Gasteiger charge is 2.14. The highest BCUT2D eigenvalue weighted by atomic mass is 35.5. The Labute approximate surface area is 142 Å². The summed E-state index contributed by atoms with van der Waals surface area (Å²) in [4.78, 5) is 23.4. The Bertz CT molecular complexity index is 512. The highest BCUT2D eigenvalue weighted by molar-refractivity contribution is 5.94. The van der Waals surface area contributed by atoms with Gasteiger partial charge in [-0.25, -0.2) is 4.39 Å². The minimum absolute atomic E-state index is 0. The summed E-state index contributed by atoms with van der Waals surface area (Å²) in [6, 6.07) is 5.00. The van der Waals surface area contributed by atoms with Crippen LogP contribution in [0.3, 0.4) is 0 Å². The number of carbonyl (C=O) groups excluding carboxylic acids is 2. The lowest BCUT2D eigenvalue weighted by molar-refractivity contribution is -0.122. The van der Waals surface area contributed by atoms with Gasteiger partial charge in [0.25, 0.3) is 5.91 Å². The monoisotopic (exact) mass is 345 g/mol. The quantitative estimate of drug-likeness (QED) is 0.629. The molecule has 130 valence electrons. The van der Waals surface area contributed by atoms with E-state index in [1.165, 1.54) is 18.2 Å². The van der Waals surface area contributed by atoms with Gasteiger partial charge in [0, 0.05) is 18.7 Å². The Morgan fingerprint density at radius 1 is 1.22 bits per heavy atom. The molecule has 4 N–H and O–H groups in total. The maximum atomic E-state index is 13.0. The SMILES string of the molecule is CC(C)C[C@H](N)C(=O)NCCCNC(=O)c1cccc(F)c1.Cl. The zero-order valence-corrected chi connectivity index (χ0v) is 14.3. The van der Waals surface area contributed by atoms with Gasteiger partial charge in [-0.2, -0.15) is 0 Å². The van der Waals surface area contributed by atoms with Gasteiger partial charge in [-0.15, -0.1) is 12.4 Å². The highest BCUT2D eigenvalue weighted by Crippen LogP contribution is 2.03. The van der Waals surface area contributed by atoms with Crippen LogP contribution in [-0.2, 0) is 4.79 Å². The molecule has 0 saturated carbocycles. The average Bonchev–Trinajstić information content (AvgIpc) is 2.45. The van der Waals surface area contributed by atoms with Gasteiger partial charge in [-0.3, -0.25) is 9.59 Å². The standard InChI is InChI=1S/C16H24FN3O2.ClH/c1-11(2)9-14(18)16(22)20-8-4-7-19-15(21)12-5-3-6-13(17)10-12;/h3,5-6,10-11,14H,4,7-9,18H2,1-2H3,(H,19,21)(H,20,22);1H/t14-;/m0./s1. The minimum Gasteiger partial charge on any atom is -0.355 e. The first-order valence-electron chi connectivity index (χ1n) is 7.47. The van der Waals surface area contributed by atoms with Crippen molar-refractivity contribution in [2.45, 2.75) is 32.7 Å². The smallest absolute Gasteiger partial charge is 0.251 e. The summed E-state index contributed by atoms with van der Waals surface area (Å²) in [5.74, 6) is -0.585. The molecule has 0 saturated heterocycles. The van der Waals surface area contributed by atoms with Crippen LogP contribution >= 0.6 is 12.4 Å². The zero-order valence-electron chi connectivity index (χ0n) is 13.5. The summed E-state index contributed by atoms with van der Waals surface area (Å²) in [6.45, 7) is 4.85. The molecule has 5 nitrogen and oxygen atoms in total. The number of nitrogens with one attached hydrogen (secondary N) is 2. The lowest BCUT2D eigenvalue weighted by Crippen LogP contribution is -2.42. The van der Waals surface area contributed by atoms with Crippen LogP contribution in [0, 0.1) is 11.7 Å². The summed E-state index contributed by atoms with van der Waals surface area (Å²) in [6.07, 6.45) is 1.23. The Balaban J connectivity index is 0.00000484. The third-order valence-electron chi connectivity index (χ3n) is 3.09. The van der Waals surface area contributed by atoms with E-state index in [1.807, 2.05) is 13.8 Å². The van der Waals surface area contributed by atoms with E-state index in [-0.39, 0.29) is 29.8 Å². The number of hydrogen-bond donors (Lipinski definition) is 3. The molecule has 0 aliphatic heterocycles. The first kappa shape index (κ1) is 21.3. The molecule has 0 heterocycles. The number of halogens is 2. The molecule has 0 aliphatic rings. The Morgan fingerprint density at radius 2 is 1.87 bits per heavy atom. The zero-order chi connectivity index (χ0) is 16.5. The van der Waals surface area contributed by atoms with E-state index >= 15 is 0 Å². The third-order valence-corrected chi connectivity index (χ3v) is 3.09. The van der Waals surface area contributed by atoms with E-state index in [1.54, 1.807) is 6.07 Å². The molecule has 1 aromatic rings. The third kappa shape index (κ3) is 8.52. The summed E-state index contributed by atoms with van der Waals surface area (Å²) in [5, 5.41) is 5.41. The summed E-state index contributed by atoms with van der Waals surface area (Å²) in [7, 11) is 0. The first-order valence-corrected chi connectivity index (χ1v) is 7.47. The van der Waals surface area contributed by atoms with Crippen molar-refractivity contribution in [3.63, 3.8) is 0 Å². The maximum Gasteiger partial charge on any atom is 0.251 e. The number of hydrogen-bond acceptors (Lipinski definition) is 3. The Morgan fingerprint density at radius 3 is 2.48 bits per heavy atom. The van der Waals surface area contributed by atoms with E-state index in [0.717, 1.165) is 0 Å². The van der Waals surface area contributed by atoms with Crippen LogP contribution in [0.5, 0.6) is 0 Å². The molecule has 0 fully saturated rings. The van der Waals surface area contributed by atoms with Gasteiger partial charge in [-0.05, 0) is 37.0 Å². The number of rotatable bonds is 8. The van der Waals surface area contributed by atoms with Crippen molar-refractivity contribution >= 4 is 24.2 Å². The van der Waals surface area contributed by atoms with Gasteiger partial charge in [0.1, 0.15) is 5.82 Å². The fraction of sp³-hybridized carbons (Fsp3) is 0.500. The maximum absolute atomic E-state index is 13.0. The average molecular weight is 346 g/mol. The molecule has 7 heteroatoms. The molecule has 23 heavy (non-hydrogen) atoms. The second-order valence-electron chi connectivity index (χ2n) is 5.65. The summed E-state index contributed by atoms with van der Waals surface area (Å²) >= 11 is 0. The number of benzene rings is 1. The molecule has 0 unspecified atom stereocenters. The van der Waals surface area contributed by atoms with Crippen LogP contribution in [-0.4, -0.2) is 30.9 Å². The van der Waals surface area contributed by atoms with Crippen molar-refractivity contribution in [3.05, 3.63) is 35.6 Å². The predicted molar refractivity (Wildman–Crippen MR) is 91.0 cm³/mol. The molecule has 0 aliphatic carbocycles. The van der Waals surface area contributed by atoms with Crippen LogP contribution in [0.25, 0.3) is 0 Å². The van der Waals surface area contributed by atoms with Crippen LogP contribution in [0.1, 0.15) is 37.0 Å². The number of amides is 2. The van der Waals surface area contributed by atoms with Crippen LogP contribution in [0.15, 0.2) is 24.3 Å². The molecule has 0 spiro atoms. The second kappa shape index (κ2) is 11.0. The van der Waals surface area contributed by atoms with Gasteiger partial charge in [0.2, 0.25) is 5.91 Å².